The van der Waals surface area contributed by atoms with Crippen molar-refractivity contribution in [1.82, 2.24) is 0 Å². The molecule has 0 fully saturated rings. The monoisotopic (exact) mass is 171 g/mol. The van der Waals surface area contributed by atoms with E-state index in [1.165, 1.54) is 0 Å². The van der Waals surface area contributed by atoms with Gasteiger partial charge >= 0.3 is 5.97 Å². The Bertz CT molecular complexity index is 185. The van der Waals surface area contributed by atoms with Crippen molar-refractivity contribution in [3.8, 4) is 0 Å². The fraction of sp³-hybridized carbons (Fsp3) is 0.667. The Morgan fingerprint density at radius 1 is 1.50 bits per heavy atom. The predicted octanol–water partition coefficient (Wildman–Crippen LogP) is 1.54. The van der Waals surface area contributed by atoms with Crippen molar-refractivity contribution >= 4 is 5.97 Å². The van der Waals surface area contributed by atoms with Gasteiger partial charge in [-0.2, -0.15) is 0 Å². The number of carbonyl (C=O) groups is 1. The van der Waals surface area contributed by atoms with Crippen LogP contribution in [-0.2, 0) is 4.79 Å². The number of rotatable bonds is 5. The Balaban J connectivity index is 4.27. The molecule has 0 aromatic heterocycles. The van der Waals surface area contributed by atoms with E-state index >= 15 is 0 Å². The molecule has 0 amide bonds. The minimum absolute atomic E-state index is 0.531. The SMILES string of the molecule is CCC(C(=O)O)=C(C)CCCN. The molecule has 0 aliphatic carbocycles. The van der Waals surface area contributed by atoms with E-state index in [9.17, 15) is 4.79 Å². The van der Waals surface area contributed by atoms with Crippen LogP contribution in [0.1, 0.15) is 33.1 Å². The summed E-state index contributed by atoms with van der Waals surface area (Å²) in [6, 6.07) is 0. The van der Waals surface area contributed by atoms with Crippen LogP contribution in [0, 0.1) is 0 Å². The average molecular weight is 171 g/mol. The van der Waals surface area contributed by atoms with Gasteiger partial charge in [0.25, 0.3) is 0 Å². The molecule has 3 nitrogen and oxygen atoms in total. The van der Waals surface area contributed by atoms with Gasteiger partial charge in [0, 0.05) is 5.57 Å². The van der Waals surface area contributed by atoms with Crippen molar-refractivity contribution < 1.29 is 9.90 Å². The molecule has 0 spiro atoms. The maximum absolute atomic E-state index is 10.6. The van der Waals surface area contributed by atoms with E-state index < -0.39 is 5.97 Å². The molecular weight excluding hydrogens is 154 g/mol. The predicted molar refractivity (Wildman–Crippen MR) is 48.9 cm³/mol. The number of hydrogen-bond donors (Lipinski definition) is 2. The van der Waals surface area contributed by atoms with Crippen LogP contribution in [0.4, 0.5) is 0 Å². The molecule has 70 valence electrons. The van der Waals surface area contributed by atoms with Crippen molar-refractivity contribution in [2.24, 2.45) is 5.73 Å². The van der Waals surface area contributed by atoms with Crippen molar-refractivity contribution in [2.45, 2.75) is 33.1 Å². The minimum atomic E-state index is -0.799. The molecule has 0 bridgehead atoms. The van der Waals surface area contributed by atoms with Gasteiger partial charge in [-0.15, -0.1) is 0 Å². The van der Waals surface area contributed by atoms with Gasteiger partial charge < -0.3 is 10.8 Å². The Kier molecular flexibility index (Phi) is 5.37. The molecule has 0 radical (unpaired) electrons. The summed E-state index contributed by atoms with van der Waals surface area (Å²) in [6.07, 6.45) is 2.25. The Hall–Kier alpha value is -0.830. The molecule has 12 heavy (non-hydrogen) atoms. The quantitative estimate of drug-likeness (QED) is 0.617. The van der Waals surface area contributed by atoms with Gasteiger partial charge in [0.15, 0.2) is 0 Å². The second-order valence-electron chi connectivity index (χ2n) is 2.81. The average Bonchev–Trinajstić information content (AvgIpc) is 2.01. The fourth-order valence-corrected chi connectivity index (χ4v) is 1.15. The van der Waals surface area contributed by atoms with Gasteiger partial charge in [-0.3, -0.25) is 0 Å². The topological polar surface area (TPSA) is 63.3 Å². The van der Waals surface area contributed by atoms with Crippen molar-refractivity contribution in [1.29, 1.82) is 0 Å². The van der Waals surface area contributed by atoms with E-state index in [2.05, 4.69) is 0 Å². The van der Waals surface area contributed by atoms with Gasteiger partial charge in [0.05, 0.1) is 0 Å². The zero-order valence-electron chi connectivity index (χ0n) is 7.76. The van der Waals surface area contributed by atoms with E-state index in [0.29, 0.717) is 18.5 Å². The third-order valence-electron chi connectivity index (χ3n) is 1.88. The second kappa shape index (κ2) is 5.77. The molecule has 0 saturated carbocycles. The maximum atomic E-state index is 10.6. The first kappa shape index (κ1) is 11.2. The lowest BCUT2D eigenvalue weighted by Gasteiger charge is -2.04. The van der Waals surface area contributed by atoms with E-state index in [4.69, 9.17) is 10.8 Å². The number of allylic oxidation sites excluding steroid dienone is 1. The van der Waals surface area contributed by atoms with Crippen LogP contribution in [0.15, 0.2) is 11.1 Å². The number of nitrogens with two attached hydrogens (primary N) is 1. The van der Waals surface area contributed by atoms with Gasteiger partial charge in [-0.25, -0.2) is 4.79 Å². The molecule has 0 aromatic carbocycles. The van der Waals surface area contributed by atoms with E-state index in [-0.39, 0.29) is 0 Å². The lowest BCUT2D eigenvalue weighted by atomic mass is 10.0. The van der Waals surface area contributed by atoms with Crippen LogP contribution in [0.25, 0.3) is 0 Å². The van der Waals surface area contributed by atoms with Gasteiger partial charge in [-0.1, -0.05) is 12.5 Å². The van der Waals surface area contributed by atoms with Crippen molar-refractivity contribution in [3.63, 3.8) is 0 Å². The summed E-state index contributed by atoms with van der Waals surface area (Å²) in [5.41, 5.74) is 6.81. The normalized spacial score (nSPS) is 12.6. The molecule has 0 saturated heterocycles. The molecule has 0 aliphatic heterocycles. The maximum Gasteiger partial charge on any atom is 0.331 e. The van der Waals surface area contributed by atoms with Gasteiger partial charge in [0.1, 0.15) is 0 Å². The summed E-state index contributed by atoms with van der Waals surface area (Å²) < 4.78 is 0. The zero-order valence-corrected chi connectivity index (χ0v) is 7.76. The molecule has 3 heteroatoms. The smallest absolute Gasteiger partial charge is 0.331 e. The van der Waals surface area contributed by atoms with Crippen molar-refractivity contribution in [2.75, 3.05) is 6.54 Å². The number of aliphatic carboxylic acids is 1. The molecule has 0 heterocycles. The standard InChI is InChI=1S/C9H17NO2/c1-3-8(9(11)12)7(2)5-4-6-10/h3-6,10H2,1-2H3,(H,11,12). The Labute approximate surface area is 73.3 Å². The van der Waals surface area contributed by atoms with Crippen LogP contribution >= 0.6 is 0 Å². The summed E-state index contributed by atoms with van der Waals surface area (Å²) in [5, 5.41) is 8.75. The molecule has 0 aliphatic rings. The van der Waals surface area contributed by atoms with E-state index in [0.717, 1.165) is 18.4 Å². The molecule has 0 rings (SSSR count). The van der Waals surface area contributed by atoms with Crippen LogP contribution in [0.5, 0.6) is 0 Å². The van der Waals surface area contributed by atoms with Crippen LogP contribution in [0.3, 0.4) is 0 Å². The zero-order chi connectivity index (χ0) is 9.56. The highest BCUT2D eigenvalue weighted by atomic mass is 16.4. The second-order valence-corrected chi connectivity index (χ2v) is 2.81. The van der Waals surface area contributed by atoms with Crippen LogP contribution in [-0.4, -0.2) is 17.6 Å². The van der Waals surface area contributed by atoms with Gasteiger partial charge in [-0.05, 0) is 32.7 Å². The third-order valence-corrected chi connectivity index (χ3v) is 1.88. The molecule has 0 unspecified atom stereocenters. The number of carboxylic acids is 1. The number of carboxylic acid groups (broad SMARTS) is 1. The summed E-state index contributed by atoms with van der Waals surface area (Å²) in [7, 11) is 0. The molecule has 0 atom stereocenters. The highest BCUT2D eigenvalue weighted by Crippen LogP contribution is 2.13. The van der Waals surface area contributed by atoms with Crippen LogP contribution < -0.4 is 5.73 Å². The van der Waals surface area contributed by atoms with E-state index in [1.54, 1.807) is 0 Å². The largest absolute Gasteiger partial charge is 0.478 e. The third kappa shape index (κ3) is 3.53. The highest BCUT2D eigenvalue weighted by Gasteiger charge is 2.07. The van der Waals surface area contributed by atoms with E-state index in [1.807, 2.05) is 13.8 Å². The van der Waals surface area contributed by atoms with Crippen LogP contribution in [0.2, 0.25) is 0 Å². The lowest BCUT2D eigenvalue weighted by molar-refractivity contribution is -0.132. The first-order valence-electron chi connectivity index (χ1n) is 4.25. The molecular formula is C9H17NO2. The first-order valence-corrected chi connectivity index (χ1v) is 4.25. The lowest BCUT2D eigenvalue weighted by Crippen LogP contribution is -2.04. The summed E-state index contributed by atoms with van der Waals surface area (Å²) in [4.78, 5) is 10.6. The Morgan fingerprint density at radius 3 is 2.42 bits per heavy atom. The fourth-order valence-electron chi connectivity index (χ4n) is 1.15. The van der Waals surface area contributed by atoms with Gasteiger partial charge in [0.2, 0.25) is 0 Å². The Morgan fingerprint density at radius 2 is 2.08 bits per heavy atom. The minimum Gasteiger partial charge on any atom is -0.478 e. The molecule has 3 N–H and O–H groups in total. The summed E-state index contributed by atoms with van der Waals surface area (Å²) in [6.45, 7) is 4.34. The summed E-state index contributed by atoms with van der Waals surface area (Å²) in [5.74, 6) is -0.799. The molecule has 0 aromatic rings. The van der Waals surface area contributed by atoms with Crippen molar-refractivity contribution in [3.05, 3.63) is 11.1 Å². The summed E-state index contributed by atoms with van der Waals surface area (Å²) >= 11 is 0. The first-order chi connectivity index (χ1) is 5.63. The number of hydrogen-bond acceptors (Lipinski definition) is 2. The highest BCUT2D eigenvalue weighted by molar-refractivity contribution is 5.87.